The maximum absolute atomic E-state index is 12.9. The summed E-state index contributed by atoms with van der Waals surface area (Å²) in [5.74, 6) is -0.00572. The van der Waals surface area contributed by atoms with E-state index < -0.39 is 11.8 Å². The largest absolute Gasteiger partial charge is 0.386 e. The Labute approximate surface area is 186 Å². The van der Waals surface area contributed by atoms with Crippen LogP contribution in [0.3, 0.4) is 0 Å². The summed E-state index contributed by atoms with van der Waals surface area (Å²) in [7, 11) is 1.79. The van der Waals surface area contributed by atoms with Crippen LogP contribution < -0.4 is 0 Å². The maximum Gasteiger partial charge on any atom is 0.253 e. The molecule has 166 valence electrons. The molecule has 0 spiro atoms. The van der Waals surface area contributed by atoms with Crippen LogP contribution in [0.4, 0.5) is 0 Å². The minimum Gasteiger partial charge on any atom is -0.386 e. The number of carbonyl (C=O) groups excluding carboxylic acids is 1. The van der Waals surface area contributed by atoms with Crippen molar-refractivity contribution in [2.24, 2.45) is 7.05 Å². The fraction of sp³-hybridized carbons (Fsp3) is 0.375. The van der Waals surface area contributed by atoms with Gasteiger partial charge in [0.05, 0.1) is 6.20 Å². The standard InChI is InChI=1S/C24H27N5O3/c1-27-25-16-21(26-27)19-6-2-17(3-7-19)18-4-8-20(9-5-18)22(30)28-12-14-29(15-13-28)23(31)24(32)10-11-24/h2-9,16,23,31-32H,10-15H2,1H3. The first-order chi connectivity index (χ1) is 15.4. The molecular formula is C24H27N5O3. The molecule has 1 unspecified atom stereocenters. The van der Waals surface area contributed by atoms with Gasteiger partial charge in [0, 0.05) is 44.4 Å². The van der Waals surface area contributed by atoms with Gasteiger partial charge in [-0.15, -0.1) is 0 Å². The molecule has 2 N–H and O–H groups in total. The zero-order valence-electron chi connectivity index (χ0n) is 18.1. The van der Waals surface area contributed by atoms with Gasteiger partial charge in [-0.3, -0.25) is 9.69 Å². The van der Waals surface area contributed by atoms with Crippen LogP contribution in [0.15, 0.2) is 54.7 Å². The first kappa shape index (κ1) is 20.8. The van der Waals surface area contributed by atoms with Crippen molar-refractivity contribution in [3.8, 4) is 22.4 Å². The van der Waals surface area contributed by atoms with Gasteiger partial charge < -0.3 is 15.1 Å². The third kappa shape index (κ3) is 4.04. The normalized spacial score (nSPS) is 19.0. The van der Waals surface area contributed by atoms with Crippen molar-refractivity contribution >= 4 is 5.91 Å². The molecule has 8 heteroatoms. The summed E-state index contributed by atoms with van der Waals surface area (Å²) >= 11 is 0. The second-order valence-corrected chi connectivity index (χ2v) is 8.68. The van der Waals surface area contributed by atoms with E-state index in [1.807, 2.05) is 58.3 Å². The van der Waals surface area contributed by atoms with Gasteiger partial charge in [-0.25, -0.2) is 0 Å². The van der Waals surface area contributed by atoms with Crippen molar-refractivity contribution in [3.05, 3.63) is 60.3 Å². The zero-order chi connectivity index (χ0) is 22.3. The topological polar surface area (TPSA) is 94.7 Å². The number of carbonyl (C=O) groups is 1. The number of hydrogen-bond acceptors (Lipinski definition) is 6. The lowest BCUT2D eigenvalue weighted by atomic mass is 10.0. The Morgan fingerprint density at radius 2 is 1.50 bits per heavy atom. The smallest absolute Gasteiger partial charge is 0.253 e. The van der Waals surface area contributed by atoms with E-state index in [4.69, 9.17) is 0 Å². The number of aliphatic hydroxyl groups excluding tert-OH is 1. The molecule has 0 radical (unpaired) electrons. The van der Waals surface area contributed by atoms with Crippen LogP contribution in [0.1, 0.15) is 23.2 Å². The first-order valence-corrected chi connectivity index (χ1v) is 10.9. The van der Waals surface area contributed by atoms with E-state index in [2.05, 4.69) is 10.2 Å². The number of amides is 1. The summed E-state index contributed by atoms with van der Waals surface area (Å²) in [5, 5.41) is 28.8. The average molecular weight is 434 g/mol. The van der Waals surface area contributed by atoms with Gasteiger partial charge in [0.15, 0.2) is 0 Å². The number of aromatic nitrogens is 3. The summed E-state index contributed by atoms with van der Waals surface area (Å²) in [4.78, 5) is 18.1. The van der Waals surface area contributed by atoms with Crippen LogP contribution in [-0.2, 0) is 7.05 Å². The van der Waals surface area contributed by atoms with Gasteiger partial charge in [-0.2, -0.15) is 15.0 Å². The molecule has 8 nitrogen and oxygen atoms in total. The number of benzene rings is 2. The Morgan fingerprint density at radius 3 is 2.03 bits per heavy atom. The van der Waals surface area contributed by atoms with Crippen molar-refractivity contribution in [3.63, 3.8) is 0 Å². The van der Waals surface area contributed by atoms with Crippen LogP contribution in [0.25, 0.3) is 22.4 Å². The lowest BCUT2D eigenvalue weighted by Crippen LogP contribution is -2.55. The highest BCUT2D eigenvalue weighted by molar-refractivity contribution is 5.94. The van der Waals surface area contributed by atoms with E-state index in [9.17, 15) is 15.0 Å². The van der Waals surface area contributed by atoms with Gasteiger partial charge in [0.1, 0.15) is 17.5 Å². The van der Waals surface area contributed by atoms with E-state index in [0.29, 0.717) is 44.6 Å². The van der Waals surface area contributed by atoms with Crippen molar-refractivity contribution in [2.45, 2.75) is 24.7 Å². The lowest BCUT2D eigenvalue weighted by molar-refractivity contribution is -0.108. The average Bonchev–Trinajstić information content (AvgIpc) is 3.44. The summed E-state index contributed by atoms with van der Waals surface area (Å²) in [6.07, 6.45) is 2.19. The minimum atomic E-state index is -0.950. The number of nitrogens with zero attached hydrogens (tertiary/aromatic N) is 5. The molecule has 32 heavy (non-hydrogen) atoms. The van der Waals surface area contributed by atoms with Gasteiger partial charge in [0.25, 0.3) is 5.91 Å². The maximum atomic E-state index is 12.9. The molecule has 1 atom stereocenters. The summed E-state index contributed by atoms with van der Waals surface area (Å²) < 4.78 is 0. The quantitative estimate of drug-likeness (QED) is 0.637. The highest BCUT2D eigenvalue weighted by Crippen LogP contribution is 2.39. The van der Waals surface area contributed by atoms with Crippen molar-refractivity contribution in [1.29, 1.82) is 0 Å². The van der Waals surface area contributed by atoms with Crippen molar-refractivity contribution in [1.82, 2.24) is 24.8 Å². The molecular weight excluding hydrogens is 406 g/mol. The Bertz CT molecular complexity index is 1100. The number of rotatable bonds is 5. The summed E-state index contributed by atoms with van der Waals surface area (Å²) in [6, 6.07) is 15.8. The summed E-state index contributed by atoms with van der Waals surface area (Å²) in [6.45, 7) is 2.20. The number of aliphatic hydroxyl groups is 2. The fourth-order valence-corrected chi connectivity index (χ4v) is 4.20. The number of aryl methyl sites for hydroxylation is 1. The second kappa shape index (κ2) is 8.12. The Morgan fingerprint density at radius 1 is 0.938 bits per heavy atom. The highest BCUT2D eigenvalue weighted by Gasteiger charge is 2.50. The number of piperazine rings is 1. The van der Waals surface area contributed by atoms with Crippen LogP contribution in [0.2, 0.25) is 0 Å². The van der Waals surface area contributed by atoms with Gasteiger partial charge in [0.2, 0.25) is 0 Å². The fourth-order valence-electron chi connectivity index (χ4n) is 4.20. The predicted molar refractivity (Wildman–Crippen MR) is 120 cm³/mol. The highest BCUT2D eigenvalue weighted by atomic mass is 16.4. The summed E-state index contributed by atoms with van der Waals surface area (Å²) in [5.41, 5.74) is 3.65. The van der Waals surface area contributed by atoms with Crippen LogP contribution >= 0.6 is 0 Å². The molecule has 3 aromatic rings. The molecule has 1 aromatic heterocycles. The van der Waals surface area contributed by atoms with Crippen molar-refractivity contribution in [2.75, 3.05) is 26.2 Å². The SMILES string of the molecule is Cn1ncc(-c2ccc(-c3ccc(C(=O)N4CCN(C(O)C5(O)CC5)CC4)cc3)cc2)n1. The molecule has 1 amide bonds. The molecule has 1 aliphatic heterocycles. The molecule has 1 saturated heterocycles. The molecule has 5 rings (SSSR count). The Kier molecular flexibility index (Phi) is 5.28. The molecule has 2 aromatic carbocycles. The molecule has 1 saturated carbocycles. The van der Waals surface area contributed by atoms with E-state index >= 15 is 0 Å². The Hall–Kier alpha value is -3.07. The van der Waals surface area contributed by atoms with E-state index in [1.54, 1.807) is 13.2 Å². The van der Waals surface area contributed by atoms with Crippen molar-refractivity contribution < 1.29 is 15.0 Å². The van der Waals surface area contributed by atoms with Gasteiger partial charge in [-0.1, -0.05) is 36.4 Å². The van der Waals surface area contributed by atoms with Crippen LogP contribution in [0, 0.1) is 0 Å². The van der Waals surface area contributed by atoms with E-state index in [1.165, 1.54) is 4.80 Å². The van der Waals surface area contributed by atoms with E-state index in [-0.39, 0.29) is 5.91 Å². The van der Waals surface area contributed by atoms with Gasteiger partial charge in [-0.05, 0) is 36.1 Å². The molecule has 0 bridgehead atoms. The monoisotopic (exact) mass is 433 g/mol. The van der Waals surface area contributed by atoms with E-state index in [0.717, 1.165) is 22.4 Å². The third-order valence-corrected chi connectivity index (χ3v) is 6.44. The first-order valence-electron chi connectivity index (χ1n) is 10.9. The third-order valence-electron chi connectivity index (χ3n) is 6.44. The Balaban J connectivity index is 1.21. The number of hydrogen-bond donors (Lipinski definition) is 2. The zero-order valence-corrected chi connectivity index (χ0v) is 18.1. The molecule has 1 aliphatic carbocycles. The lowest BCUT2D eigenvalue weighted by Gasteiger charge is -2.38. The van der Waals surface area contributed by atoms with Crippen LogP contribution in [-0.4, -0.2) is 78.9 Å². The van der Waals surface area contributed by atoms with Gasteiger partial charge >= 0.3 is 0 Å². The molecule has 2 heterocycles. The molecule has 2 fully saturated rings. The predicted octanol–water partition coefficient (Wildman–Crippen LogP) is 1.75. The molecule has 2 aliphatic rings. The second-order valence-electron chi connectivity index (χ2n) is 8.68. The van der Waals surface area contributed by atoms with Crippen LogP contribution in [0.5, 0.6) is 0 Å². The minimum absolute atomic E-state index is 0.00572.